The first-order valence-corrected chi connectivity index (χ1v) is 7.54. The Morgan fingerprint density at radius 2 is 2.29 bits per heavy atom. The Morgan fingerprint density at radius 1 is 1.43 bits per heavy atom. The number of aromatic nitrogens is 3. The molecule has 21 heavy (non-hydrogen) atoms. The molecule has 1 atom stereocenters. The predicted octanol–water partition coefficient (Wildman–Crippen LogP) is 2.77. The third-order valence-electron chi connectivity index (χ3n) is 3.98. The maximum atomic E-state index is 6.19. The summed E-state index contributed by atoms with van der Waals surface area (Å²) in [5.41, 5.74) is 8.77. The Labute approximate surface area is 125 Å². The molecule has 0 radical (unpaired) electrons. The van der Waals surface area contributed by atoms with Crippen molar-refractivity contribution in [2.75, 3.05) is 0 Å². The molecule has 1 heterocycles. The molecule has 0 fully saturated rings. The van der Waals surface area contributed by atoms with Gasteiger partial charge in [-0.2, -0.15) is 5.10 Å². The monoisotopic (exact) mass is 286 g/mol. The molecule has 0 saturated carbocycles. The highest BCUT2D eigenvalue weighted by Gasteiger charge is 2.17. The van der Waals surface area contributed by atoms with Crippen molar-refractivity contribution in [1.29, 1.82) is 0 Å². The summed E-state index contributed by atoms with van der Waals surface area (Å²) in [5, 5.41) is 4.22. The average molecular weight is 286 g/mol. The topological polar surface area (TPSA) is 66.0 Å². The molecule has 112 valence electrons. The molecular weight excluding hydrogens is 264 g/mol. The van der Waals surface area contributed by atoms with Gasteiger partial charge in [-0.15, -0.1) is 0 Å². The van der Waals surface area contributed by atoms with E-state index in [0.717, 1.165) is 24.4 Å². The van der Waals surface area contributed by atoms with Crippen LogP contribution in [0.25, 0.3) is 0 Å². The van der Waals surface area contributed by atoms with Gasteiger partial charge in [0.15, 0.2) is 5.82 Å². The van der Waals surface area contributed by atoms with E-state index < -0.39 is 0 Å². The average Bonchev–Trinajstić information content (AvgIpc) is 2.94. The fraction of sp³-hybridized carbons (Fsp3) is 0.500. The van der Waals surface area contributed by atoms with Gasteiger partial charge in [0.2, 0.25) is 0 Å². The van der Waals surface area contributed by atoms with Gasteiger partial charge in [-0.05, 0) is 56.4 Å². The highest BCUT2D eigenvalue weighted by Crippen LogP contribution is 2.31. The van der Waals surface area contributed by atoms with E-state index in [1.165, 1.54) is 17.5 Å². The van der Waals surface area contributed by atoms with Gasteiger partial charge < -0.3 is 10.5 Å². The number of nitrogens with two attached hydrogens (primary N) is 1. The van der Waals surface area contributed by atoms with E-state index in [-0.39, 0.29) is 12.1 Å². The zero-order chi connectivity index (χ0) is 14.8. The Hall–Kier alpha value is -1.88. The minimum atomic E-state index is 0.136. The number of aryl methyl sites for hydroxylation is 1. The van der Waals surface area contributed by atoms with Gasteiger partial charge >= 0.3 is 0 Å². The van der Waals surface area contributed by atoms with E-state index in [4.69, 9.17) is 10.5 Å². The van der Waals surface area contributed by atoms with E-state index >= 15 is 0 Å². The second-order valence-corrected chi connectivity index (χ2v) is 5.86. The lowest BCUT2D eigenvalue weighted by atomic mass is 9.88. The summed E-state index contributed by atoms with van der Waals surface area (Å²) >= 11 is 0. The third kappa shape index (κ3) is 2.93. The van der Waals surface area contributed by atoms with E-state index in [2.05, 4.69) is 36.1 Å². The molecule has 2 N–H and O–H groups in total. The summed E-state index contributed by atoms with van der Waals surface area (Å²) in [5.74, 6) is 1.69. The van der Waals surface area contributed by atoms with Gasteiger partial charge in [0.05, 0.1) is 0 Å². The van der Waals surface area contributed by atoms with Gasteiger partial charge in [-0.3, -0.25) is 0 Å². The van der Waals surface area contributed by atoms with Crippen molar-refractivity contribution in [2.45, 2.75) is 51.8 Å². The zero-order valence-electron chi connectivity index (χ0n) is 12.6. The molecule has 2 aromatic rings. The van der Waals surface area contributed by atoms with Gasteiger partial charge in [-0.1, -0.05) is 6.07 Å². The minimum absolute atomic E-state index is 0.136. The largest absolute Gasteiger partial charge is 0.486 e. The molecule has 0 bridgehead atoms. The summed E-state index contributed by atoms with van der Waals surface area (Å²) in [6, 6.07) is 6.65. The van der Waals surface area contributed by atoms with Crippen molar-refractivity contribution in [1.82, 2.24) is 14.8 Å². The quantitative estimate of drug-likeness (QED) is 0.938. The van der Waals surface area contributed by atoms with Gasteiger partial charge in [0.1, 0.15) is 18.7 Å². The van der Waals surface area contributed by atoms with Crippen LogP contribution in [0.1, 0.15) is 55.7 Å². The number of benzene rings is 1. The normalized spacial score (nSPS) is 17.8. The fourth-order valence-corrected chi connectivity index (χ4v) is 2.86. The van der Waals surface area contributed by atoms with Gasteiger partial charge in [0, 0.05) is 12.1 Å². The summed E-state index contributed by atoms with van der Waals surface area (Å²) in [7, 11) is 0. The second-order valence-electron chi connectivity index (χ2n) is 5.86. The molecule has 1 aromatic heterocycles. The molecule has 5 nitrogen and oxygen atoms in total. The van der Waals surface area contributed by atoms with Crippen LogP contribution < -0.4 is 10.5 Å². The molecule has 1 aromatic carbocycles. The van der Waals surface area contributed by atoms with Gasteiger partial charge in [0.25, 0.3) is 0 Å². The molecule has 1 unspecified atom stereocenters. The Bertz CT molecular complexity index is 620. The van der Waals surface area contributed by atoms with Crippen LogP contribution in [0.2, 0.25) is 0 Å². The van der Waals surface area contributed by atoms with Crippen molar-refractivity contribution < 1.29 is 4.74 Å². The minimum Gasteiger partial charge on any atom is -0.486 e. The molecule has 3 rings (SSSR count). The molecular formula is C16H22N4O. The lowest BCUT2D eigenvalue weighted by Crippen LogP contribution is -2.17. The summed E-state index contributed by atoms with van der Waals surface area (Å²) in [4.78, 5) is 4.26. The lowest BCUT2D eigenvalue weighted by molar-refractivity contribution is 0.281. The maximum absolute atomic E-state index is 6.19. The summed E-state index contributed by atoms with van der Waals surface area (Å²) < 4.78 is 7.76. The Morgan fingerprint density at radius 3 is 3.10 bits per heavy atom. The summed E-state index contributed by atoms with van der Waals surface area (Å²) in [6.45, 7) is 4.58. The maximum Gasteiger partial charge on any atom is 0.165 e. The lowest BCUT2D eigenvalue weighted by Gasteiger charge is -2.22. The number of hydrogen-bond acceptors (Lipinski definition) is 4. The molecule has 0 amide bonds. The van der Waals surface area contributed by atoms with Crippen molar-refractivity contribution in [2.24, 2.45) is 5.73 Å². The van der Waals surface area contributed by atoms with E-state index in [0.29, 0.717) is 6.61 Å². The fourth-order valence-electron chi connectivity index (χ4n) is 2.86. The molecule has 1 aliphatic rings. The highest BCUT2D eigenvalue weighted by atomic mass is 16.5. The van der Waals surface area contributed by atoms with Crippen LogP contribution in [-0.2, 0) is 13.0 Å². The number of hydrogen-bond donors (Lipinski definition) is 1. The van der Waals surface area contributed by atoms with Crippen LogP contribution in [0.3, 0.4) is 0 Å². The highest BCUT2D eigenvalue weighted by molar-refractivity contribution is 5.39. The van der Waals surface area contributed by atoms with Crippen LogP contribution in [0.4, 0.5) is 0 Å². The zero-order valence-corrected chi connectivity index (χ0v) is 12.6. The van der Waals surface area contributed by atoms with Crippen LogP contribution in [-0.4, -0.2) is 14.8 Å². The third-order valence-corrected chi connectivity index (χ3v) is 3.98. The van der Waals surface area contributed by atoms with Crippen molar-refractivity contribution in [3.05, 3.63) is 41.5 Å². The first-order chi connectivity index (χ1) is 10.1. The van der Waals surface area contributed by atoms with Gasteiger partial charge in [-0.25, -0.2) is 9.67 Å². The molecule has 0 saturated heterocycles. The van der Waals surface area contributed by atoms with Crippen LogP contribution in [0.5, 0.6) is 5.75 Å². The van der Waals surface area contributed by atoms with Crippen molar-refractivity contribution in [3.63, 3.8) is 0 Å². The van der Waals surface area contributed by atoms with Crippen LogP contribution in [0.15, 0.2) is 24.5 Å². The smallest absolute Gasteiger partial charge is 0.165 e. The molecule has 0 spiro atoms. The van der Waals surface area contributed by atoms with Crippen molar-refractivity contribution in [3.8, 4) is 5.75 Å². The number of rotatable bonds is 4. The van der Waals surface area contributed by atoms with E-state index in [1.54, 1.807) is 6.33 Å². The number of ether oxygens (including phenoxy) is 1. The van der Waals surface area contributed by atoms with Crippen LogP contribution in [0, 0.1) is 0 Å². The van der Waals surface area contributed by atoms with Crippen LogP contribution >= 0.6 is 0 Å². The van der Waals surface area contributed by atoms with E-state index in [1.807, 2.05) is 10.7 Å². The van der Waals surface area contributed by atoms with E-state index in [9.17, 15) is 0 Å². The molecule has 1 aliphatic carbocycles. The second kappa shape index (κ2) is 5.85. The number of nitrogens with zero attached hydrogens (tertiary/aromatic N) is 3. The predicted molar refractivity (Wildman–Crippen MR) is 81.0 cm³/mol. The molecule has 5 heteroatoms. The first-order valence-electron chi connectivity index (χ1n) is 7.54. The Kier molecular flexibility index (Phi) is 3.92. The van der Waals surface area contributed by atoms with Crippen molar-refractivity contribution >= 4 is 0 Å². The SMILES string of the molecule is CC(C)n1ncnc1COc1ccc2c(c1)C(N)CCC2. The molecule has 0 aliphatic heterocycles. The number of fused-ring (bicyclic) bond motifs is 1. The standard InChI is InChI=1S/C16H22N4O/c1-11(2)20-16(18-10-19-20)9-21-13-7-6-12-4-3-5-15(17)14(12)8-13/h6-8,10-11,15H,3-5,9,17H2,1-2H3. The summed E-state index contributed by atoms with van der Waals surface area (Å²) in [6.07, 6.45) is 4.91. The first kappa shape index (κ1) is 14.1. The Balaban J connectivity index is 1.74.